The van der Waals surface area contributed by atoms with E-state index >= 15 is 0 Å². The number of benzene rings is 1. The minimum Gasteiger partial charge on any atom is -0.494 e. The van der Waals surface area contributed by atoms with Crippen molar-refractivity contribution in [3.63, 3.8) is 0 Å². The molecule has 168 valence electrons. The summed E-state index contributed by atoms with van der Waals surface area (Å²) in [5, 5.41) is 12.5. The molecule has 0 saturated carbocycles. The molecule has 0 spiro atoms. The molecule has 1 aromatic heterocycles. The average molecular weight is 446 g/mol. The minimum absolute atomic E-state index is 0.0803. The van der Waals surface area contributed by atoms with Crippen LogP contribution in [0.25, 0.3) is 0 Å². The van der Waals surface area contributed by atoms with Gasteiger partial charge in [-0.1, -0.05) is 11.6 Å². The van der Waals surface area contributed by atoms with Crippen LogP contribution in [0.1, 0.15) is 48.5 Å². The van der Waals surface area contributed by atoms with Gasteiger partial charge < -0.3 is 20.1 Å². The maximum atomic E-state index is 12.2. The number of nitrogens with one attached hydrogen (secondary N) is 1. The van der Waals surface area contributed by atoms with Crippen molar-refractivity contribution >= 4 is 23.3 Å². The molecule has 31 heavy (non-hydrogen) atoms. The highest BCUT2D eigenvalue weighted by Gasteiger charge is 2.20. The second kappa shape index (κ2) is 11.3. The van der Waals surface area contributed by atoms with Gasteiger partial charge in [0, 0.05) is 30.9 Å². The van der Waals surface area contributed by atoms with Gasteiger partial charge >= 0.3 is 0 Å². The number of aliphatic hydroxyl groups excluding tert-OH is 1. The molecular formula is C24H32ClN3O3. The van der Waals surface area contributed by atoms with Gasteiger partial charge in [-0.25, -0.2) is 4.98 Å². The molecule has 1 amide bonds. The molecule has 0 radical (unpaired) electrons. The number of ether oxygens (including phenoxy) is 1. The number of nitrogens with zero attached hydrogens (tertiary/aromatic N) is 2. The smallest absolute Gasteiger partial charge is 0.251 e. The Labute approximate surface area is 189 Å². The van der Waals surface area contributed by atoms with Crippen LogP contribution in [0.15, 0.2) is 36.5 Å². The summed E-state index contributed by atoms with van der Waals surface area (Å²) in [5.41, 5.74) is 1.47. The standard InChI is InChI=1S/C24H32ClN3O3/c1-17-14-21(6-7-22(17)24(30)27-18(2)16-29)31-13-3-4-19-9-11-28(12-10-19)23-8-5-20(25)15-26-23/h5-8,14-15,18-19,29H,3-4,9-13,16H2,1-2H3,(H,27,30). The zero-order valence-electron chi connectivity index (χ0n) is 18.3. The maximum Gasteiger partial charge on any atom is 0.251 e. The third-order valence-electron chi connectivity index (χ3n) is 5.77. The van der Waals surface area contributed by atoms with Gasteiger partial charge in [0.25, 0.3) is 5.91 Å². The summed E-state index contributed by atoms with van der Waals surface area (Å²) >= 11 is 5.92. The van der Waals surface area contributed by atoms with E-state index in [-0.39, 0.29) is 18.6 Å². The van der Waals surface area contributed by atoms with E-state index in [4.69, 9.17) is 21.4 Å². The van der Waals surface area contributed by atoms with Crippen LogP contribution in [-0.2, 0) is 0 Å². The number of anilines is 1. The van der Waals surface area contributed by atoms with Gasteiger partial charge in [0.1, 0.15) is 11.6 Å². The number of pyridine rings is 1. The molecular weight excluding hydrogens is 414 g/mol. The lowest BCUT2D eigenvalue weighted by molar-refractivity contribution is 0.0921. The van der Waals surface area contributed by atoms with Gasteiger partial charge in [-0.3, -0.25) is 4.79 Å². The van der Waals surface area contributed by atoms with E-state index in [2.05, 4.69) is 15.2 Å². The zero-order valence-corrected chi connectivity index (χ0v) is 19.1. The van der Waals surface area contributed by atoms with Crippen LogP contribution in [0.2, 0.25) is 5.02 Å². The quantitative estimate of drug-likeness (QED) is 0.565. The predicted molar refractivity (Wildman–Crippen MR) is 124 cm³/mol. The summed E-state index contributed by atoms with van der Waals surface area (Å²) in [6.07, 6.45) is 6.20. The summed E-state index contributed by atoms with van der Waals surface area (Å²) in [4.78, 5) is 19.0. The second-order valence-electron chi connectivity index (χ2n) is 8.29. The number of aromatic nitrogens is 1. The van der Waals surface area contributed by atoms with Crippen LogP contribution in [0.5, 0.6) is 5.75 Å². The van der Waals surface area contributed by atoms with Gasteiger partial charge in [0.2, 0.25) is 0 Å². The Bertz CT molecular complexity index is 852. The van der Waals surface area contributed by atoms with Crippen LogP contribution in [0.4, 0.5) is 5.82 Å². The number of amides is 1. The molecule has 2 heterocycles. The highest BCUT2D eigenvalue weighted by atomic mass is 35.5. The molecule has 1 aromatic carbocycles. The number of piperidine rings is 1. The Balaban J connectivity index is 1.38. The topological polar surface area (TPSA) is 74.7 Å². The number of halogens is 1. The van der Waals surface area contributed by atoms with Crippen molar-refractivity contribution in [1.82, 2.24) is 10.3 Å². The first-order valence-corrected chi connectivity index (χ1v) is 11.4. The minimum atomic E-state index is -0.267. The average Bonchev–Trinajstić information content (AvgIpc) is 2.77. The maximum absolute atomic E-state index is 12.2. The monoisotopic (exact) mass is 445 g/mol. The first-order chi connectivity index (χ1) is 15.0. The summed E-state index contributed by atoms with van der Waals surface area (Å²) in [5.74, 6) is 2.33. The van der Waals surface area contributed by atoms with Gasteiger partial charge in [0.05, 0.1) is 18.2 Å². The molecule has 2 N–H and O–H groups in total. The summed E-state index contributed by atoms with van der Waals surface area (Å²) in [6.45, 7) is 6.31. The summed E-state index contributed by atoms with van der Waals surface area (Å²) < 4.78 is 5.91. The van der Waals surface area contributed by atoms with E-state index in [0.717, 1.165) is 43.1 Å². The van der Waals surface area contributed by atoms with Crippen molar-refractivity contribution in [2.45, 2.75) is 45.6 Å². The molecule has 1 fully saturated rings. The van der Waals surface area contributed by atoms with E-state index in [1.165, 1.54) is 12.8 Å². The van der Waals surface area contributed by atoms with Crippen molar-refractivity contribution in [2.75, 3.05) is 31.2 Å². The normalized spacial score (nSPS) is 15.5. The summed E-state index contributed by atoms with van der Waals surface area (Å²) in [7, 11) is 0. The van der Waals surface area contributed by atoms with Crippen LogP contribution in [0, 0.1) is 12.8 Å². The molecule has 0 aliphatic carbocycles. The van der Waals surface area contributed by atoms with Crippen LogP contribution >= 0.6 is 11.6 Å². The highest BCUT2D eigenvalue weighted by molar-refractivity contribution is 6.30. The number of hydrogen-bond donors (Lipinski definition) is 2. The Morgan fingerprint density at radius 3 is 2.74 bits per heavy atom. The molecule has 3 rings (SSSR count). The van der Waals surface area contributed by atoms with Crippen LogP contribution < -0.4 is 15.0 Å². The fraction of sp³-hybridized carbons (Fsp3) is 0.500. The zero-order chi connectivity index (χ0) is 22.2. The fourth-order valence-electron chi connectivity index (χ4n) is 3.90. The van der Waals surface area contributed by atoms with Crippen molar-refractivity contribution in [1.29, 1.82) is 0 Å². The lowest BCUT2D eigenvalue weighted by atomic mass is 9.92. The van der Waals surface area contributed by atoms with Crippen LogP contribution in [-0.4, -0.2) is 48.3 Å². The molecule has 7 heteroatoms. The highest BCUT2D eigenvalue weighted by Crippen LogP contribution is 2.26. The molecule has 1 atom stereocenters. The van der Waals surface area contributed by atoms with Gasteiger partial charge in [-0.15, -0.1) is 0 Å². The Morgan fingerprint density at radius 1 is 1.32 bits per heavy atom. The number of rotatable bonds is 9. The molecule has 1 unspecified atom stereocenters. The molecule has 1 aliphatic heterocycles. The van der Waals surface area contributed by atoms with E-state index in [9.17, 15) is 4.79 Å². The lowest BCUT2D eigenvalue weighted by Crippen LogP contribution is -2.35. The number of hydrogen-bond acceptors (Lipinski definition) is 5. The van der Waals surface area contributed by atoms with E-state index in [0.29, 0.717) is 23.1 Å². The van der Waals surface area contributed by atoms with Crippen molar-refractivity contribution in [3.8, 4) is 5.75 Å². The van der Waals surface area contributed by atoms with Crippen molar-refractivity contribution in [2.24, 2.45) is 5.92 Å². The Hall–Kier alpha value is -2.31. The molecule has 1 saturated heterocycles. The molecule has 0 bridgehead atoms. The third-order valence-corrected chi connectivity index (χ3v) is 5.99. The largest absolute Gasteiger partial charge is 0.494 e. The Kier molecular flexibility index (Phi) is 8.55. The van der Waals surface area contributed by atoms with E-state index in [1.54, 1.807) is 19.2 Å². The predicted octanol–water partition coefficient (Wildman–Crippen LogP) is 4.23. The van der Waals surface area contributed by atoms with Crippen molar-refractivity contribution < 1.29 is 14.6 Å². The van der Waals surface area contributed by atoms with Gasteiger partial charge in [-0.05, 0) is 81.3 Å². The second-order valence-corrected chi connectivity index (χ2v) is 8.73. The number of aryl methyl sites for hydroxylation is 1. The number of aliphatic hydroxyl groups is 1. The first kappa shape index (κ1) is 23.4. The van der Waals surface area contributed by atoms with E-state index in [1.807, 2.05) is 31.2 Å². The lowest BCUT2D eigenvalue weighted by Gasteiger charge is -2.32. The van der Waals surface area contributed by atoms with Crippen molar-refractivity contribution in [3.05, 3.63) is 52.7 Å². The van der Waals surface area contributed by atoms with Crippen LogP contribution in [0.3, 0.4) is 0 Å². The van der Waals surface area contributed by atoms with E-state index < -0.39 is 0 Å². The fourth-order valence-corrected chi connectivity index (χ4v) is 4.01. The first-order valence-electron chi connectivity index (χ1n) is 11.0. The van der Waals surface area contributed by atoms with Gasteiger partial charge in [0.15, 0.2) is 0 Å². The molecule has 2 aromatic rings. The Morgan fingerprint density at radius 2 is 2.10 bits per heavy atom. The third kappa shape index (κ3) is 6.84. The number of carbonyl (C=O) groups is 1. The van der Waals surface area contributed by atoms with Gasteiger partial charge in [-0.2, -0.15) is 0 Å². The SMILES string of the molecule is Cc1cc(OCCCC2CCN(c3ccc(Cl)cn3)CC2)ccc1C(=O)NC(C)CO. The molecule has 1 aliphatic rings. The molecule has 6 nitrogen and oxygen atoms in total. The number of carbonyl (C=O) groups excluding carboxylic acids is 1. The summed E-state index contributed by atoms with van der Waals surface area (Å²) in [6, 6.07) is 9.13.